The van der Waals surface area contributed by atoms with Gasteiger partial charge >= 0.3 is 24.4 Å². The maximum Gasteiger partial charge on any atom is 0.514 e. The van der Waals surface area contributed by atoms with Gasteiger partial charge in [0.1, 0.15) is 30.2 Å². The van der Waals surface area contributed by atoms with E-state index in [0.717, 1.165) is 65.5 Å². The van der Waals surface area contributed by atoms with Gasteiger partial charge < -0.3 is 54.4 Å². The first-order valence-electron chi connectivity index (χ1n) is 30.3. The number of nitrogen functional groups attached to an aromatic ring is 1. The van der Waals surface area contributed by atoms with Crippen molar-refractivity contribution in [3.05, 3.63) is 165 Å². The monoisotopic (exact) mass is 1320 g/mol. The van der Waals surface area contributed by atoms with Crippen molar-refractivity contribution in [3.8, 4) is 5.75 Å². The van der Waals surface area contributed by atoms with Crippen LogP contribution in [0.3, 0.4) is 0 Å². The number of nitro groups is 2. The van der Waals surface area contributed by atoms with Crippen LogP contribution in [0.15, 0.2) is 143 Å². The van der Waals surface area contributed by atoms with E-state index >= 15 is 0 Å². The number of likely N-dealkylation sites (tertiary alicyclic amines) is 1. The molecule has 3 heterocycles. The lowest BCUT2D eigenvalue weighted by Crippen LogP contribution is -2.54. The van der Waals surface area contributed by atoms with E-state index in [1.807, 2.05) is 44.2 Å². The highest BCUT2D eigenvalue weighted by Crippen LogP contribution is 2.27. The number of benzene rings is 5. The van der Waals surface area contributed by atoms with Crippen molar-refractivity contribution in [1.82, 2.24) is 24.1 Å². The number of rotatable bonds is 27. The van der Waals surface area contributed by atoms with Crippen LogP contribution in [0.4, 0.5) is 36.2 Å². The molecule has 5 aromatic carbocycles. The fourth-order valence-corrected chi connectivity index (χ4v) is 13.5. The molecular weight excluding hydrogens is 1240 g/mol. The van der Waals surface area contributed by atoms with Crippen LogP contribution in [0.1, 0.15) is 70.9 Å². The minimum Gasteiger partial charge on any atom is -0.444 e. The molecule has 3 fully saturated rings. The summed E-state index contributed by atoms with van der Waals surface area (Å²) in [7, 11) is -8.35. The van der Waals surface area contributed by atoms with Gasteiger partial charge in [-0.15, -0.1) is 0 Å². The molecule has 3 aliphatic rings. The van der Waals surface area contributed by atoms with Crippen LogP contribution in [0.2, 0.25) is 0 Å². The number of hydrogen-bond acceptors (Lipinski definition) is 20. The summed E-state index contributed by atoms with van der Waals surface area (Å²) in [6.45, 7) is 9.41. The second-order valence-electron chi connectivity index (χ2n) is 23.1. The van der Waals surface area contributed by atoms with E-state index in [4.69, 9.17) is 38.9 Å². The van der Waals surface area contributed by atoms with Gasteiger partial charge in [-0.05, 0) is 104 Å². The maximum absolute atomic E-state index is 14.0. The second-order valence-corrected chi connectivity index (χ2v) is 27.0. The number of amides is 3. The molecule has 4 N–H and O–H groups in total. The van der Waals surface area contributed by atoms with E-state index in [0.29, 0.717) is 57.0 Å². The van der Waals surface area contributed by atoms with Crippen molar-refractivity contribution in [2.45, 2.75) is 119 Å². The Hall–Kier alpha value is -8.48. The fraction of sp³-hybridized carbons (Fsp3) is 0.460. The SMILES string of the molecule is CC(C)CN(C[C@@H](OC(=O)N1CCCCC1)[C@H](Cc1ccccc1)NC(=O)O[C@H]1CCOC1)S(=O)(=O)c1ccc(N)cc1.CC(C)CN(C[C@@H](OC(=O)Oc1ccc([N+](=O)[O-])cc1)[C@H](Cc1ccccc1)NC(=O)O[C@H]1CCOC1)S(=O)(=O)c1ccc([N+](=O)[O-])cc1. The predicted octanol–water partition coefficient (Wildman–Crippen LogP) is 8.89. The number of nitrogens with zero attached hydrogens (tertiary/aromatic N) is 5. The van der Waals surface area contributed by atoms with Crippen LogP contribution in [0.25, 0.3) is 0 Å². The summed E-state index contributed by atoms with van der Waals surface area (Å²) in [6.07, 6.45) is -2.43. The number of ether oxygens (including phenoxy) is 7. The van der Waals surface area contributed by atoms with Gasteiger partial charge in [0, 0.05) is 69.0 Å². The fourth-order valence-electron chi connectivity index (χ4n) is 10.3. The number of carbonyl (C=O) groups excluding carboxylic acids is 4. The number of anilines is 1. The lowest BCUT2D eigenvalue weighted by molar-refractivity contribution is -0.385. The van der Waals surface area contributed by atoms with E-state index in [-0.39, 0.29) is 83.9 Å². The summed E-state index contributed by atoms with van der Waals surface area (Å²) in [5.41, 5.74) is 7.32. The topological polar surface area (TPSA) is 347 Å². The van der Waals surface area contributed by atoms with Crippen molar-refractivity contribution in [2.75, 3.05) is 71.4 Å². The summed E-state index contributed by atoms with van der Waals surface area (Å²) in [5.74, 6) is -0.344. The van der Waals surface area contributed by atoms with Gasteiger partial charge in [0.05, 0.1) is 71.2 Å². The molecule has 6 atom stereocenters. The minimum atomic E-state index is -4.34. The molecule has 0 spiro atoms. The zero-order valence-electron chi connectivity index (χ0n) is 51.7. The van der Waals surface area contributed by atoms with Crippen LogP contribution < -0.4 is 21.1 Å². The Labute approximate surface area is 535 Å². The third kappa shape index (κ3) is 21.9. The molecule has 29 heteroatoms. The van der Waals surface area contributed by atoms with E-state index in [9.17, 15) is 56.2 Å². The van der Waals surface area contributed by atoms with Crippen molar-refractivity contribution >= 4 is 61.5 Å². The molecule has 8 rings (SSSR count). The normalized spacial score (nSPS) is 17.2. The Morgan fingerprint density at radius 3 is 1.40 bits per heavy atom. The van der Waals surface area contributed by atoms with Gasteiger partial charge in [0.2, 0.25) is 20.0 Å². The van der Waals surface area contributed by atoms with Gasteiger partial charge in [-0.3, -0.25) is 20.2 Å². The Kier molecular flexibility index (Phi) is 26.4. The lowest BCUT2D eigenvalue weighted by Gasteiger charge is -2.35. The second kappa shape index (κ2) is 34.3. The van der Waals surface area contributed by atoms with Crippen molar-refractivity contribution < 1.29 is 79.0 Å². The van der Waals surface area contributed by atoms with Gasteiger partial charge in [-0.1, -0.05) is 88.4 Å². The standard InChI is InChI=1S/C32H36N4O12S.C31H44N4O7S/c1-22(2)19-34(49(43,44)28-14-10-25(11-15-28)36(41)42)20-30(48-32(38)47-26-12-8-24(9-13-26)35(39)40)29(18-23-6-4-3-5-7-23)33-31(37)46-27-16-17-45-21-27;1-23(2)20-35(43(38,39)27-13-11-25(32)12-14-27)21-29(42-31(37)34-16-7-4-8-17-34)28(19-24-9-5-3-6-10-24)33-30(36)41-26-15-18-40-22-26/h3-15,22,27,29-30H,16-21H2,1-2H3,(H,33,37);3,5-6,9-14,23,26,28-29H,4,7-8,15-22,32H2,1-2H3,(H,33,36)/t27-,29-,30+;26-,28-,29+/m00/s1. The van der Waals surface area contributed by atoms with Crippen molar-refractivity contribution in [1.29, 1.82) is 0 Å². The predicted molar refractivity (Wildman–Crippen MR) is 336 cm³/mol. The summed E-state index contributed by atoms with van der Waals surface area (Å²) in [5, 5.41) is 27.9. The smallest absolute Gasteiger partial charge is 0.444 e. The lowest BCUT2D eigenvalue weighted by atomic mass is 10.0. The van der Waals surface area contributed by atoms with Crippen LogP contribution in [0.5, 0.6) is 5.75 Å². The number of non-ortho nitro benzene ring substituents is 2. The molecule has 92 heavy (non-hydrogen) atoms. The quantitative estimate of drug-likeness (QED) is 0.0110. The molecular formula is C63H80N8O19S2. The summed E-state index contributed by atoms with van der Waals surface area (Å²) in [6, 6.07) is 31.5. The molecule has 0 bridgehead atoms. The number of nitro benzene ring substituents is 2. The third-order valence-electron chi connectivity index (χ3n) is 14.9. The first-order chi connectivity index (χ1) is 43.9. The molecule has 0 aromatic heterocycles. The Morgan fingerprint density at radius 1 is 0.587 bits per heavy atom. The van der Waals surface area contributed by atoms with Crippen molar-refractivity contribution in [3.63, 3.8) is 0 Å². The Bertz CT molecular complexity index is 3430. The molecule has 3 aliphatic heterocycles. The highest BCUT2D eigenvalue weighted by atomic mass is 32.2. The average Bonchev–Trinajstić information content (AvgIpc) is 1.01. The van der Waals surface area contributed by atoms with Crippen LogP contribution in [-0.4, -0.2) is 167 Å². The average molecular weight is 1320 g/mol. The molecule has 27 nitrogen and oxygen atoms in total. The summed E-state index contributed by atoms with van der Waals surface area (Å²) >= 11 is 0. The number of nitrogens with one attached hydrogen (secondary N) is 2. The highest BCUT2D eigenvalue weighted by molar-refractivity contribution is 7.89. The molecule has 0 unspecified atom stereocenters. The molecule has 3 amide bonds. The molecule has 3 saturated heterocycles. The number of carbonyl (C=O) groups is 4. The largest absolute Gasteiger partial charge is 0.514 e. The number of alkyl carbamates (subject to hydrolysis) is 2. The first kappa shape index (κ1) is 71.0. The Balaban J connectivity index is 0.000000263. The number of hydrogen-bond donors (Lipinski definition) is 3. The molecule has 5 aromatic rings. The summed E-state index contributed by atoms with van der Waals surface area (Å²) in [4.78, 5) is 75.4. The van der Waals surface area contributed by atoms with Gasteiger partial charge in [-0.2, -0.15) is 8.61 Å². The maximum atomic E-state index is 14.0. The third-order valence-corrected chi connectivity index (χ3v) is 18.6. The molecule has 498 valence electrons. The Morgan fingerprint density at radius 2 is 1.00 bits per heavy atom. The van der Waals surface area contributed by atoms with Crippen molar-refractivity contribution in [2.24, 2.45) is 11.8 Å². The van der Waals surface area contributed by atoms with Gasteiger partial charge in [-0.25, -0.2) is 36.0 Å². The minimum absolute atomic E-state index is 0.0325. The zero-order chi connectivity index (χ0) is 66.4. The van der Waals surface area contributed by atoms with Gasteiger partial charge in [0.15, 0.2) is 0 Å². The number of nitrogens with two attached hydrogens (primary N) is 1. The van der Waals surface area contributed by atoms with Crippen LogP contribution in [0, 0.1) is 32.1 Å². The van der Waals surface area contributed by atoms with Crippen LogP contribution in [-0.2, 0) is 61.3 Å². The molecule has 0 radical (unpaired) electrons. The summed E-state index contributed by atoms with van der Waals surface area (Å²) < 4.78 is 97.1. The molecule has 0 aliphatic carbocycles. The van der Waals surface area contributed by atoms with Crippen LogP contribution >= 0.6 is 0 Å². The first-order valence-corrected chi connectivity index (χ1v) is 33.2. The van der Waals surface area contributed by atoms with Gasteiger partial charge in [0.25, 0.3) is 11.4 Å². The van der Waals surface area contributed by atoms with E-state index in [1.165, 1.54) is 40.7 Å². The highest BCUT2D eigenvalue weighted by Gasteiger charge is 2.39. The van der Waals surface area contributed by atoms with E-state index in [1.54, 1.807) is 49.1 Å². The molecule has 0 saturated carbocycles. The number of piperidine rings is 1. The van der Waals surface area contributed by atoms with E-state index in [2.05, 4.69) is 10.6 Å². The van der Waals surface area contributed by atoms with E-state index < -0.39 is 91.3 Å². The number of sulfonamides is 2. The zero-order valence-corrected chi connectivity index (χ0v) is 53.4.